The lowest BCUT2D eigenvalue weighted by Gasteiger charge is -2.20. The van der Waals surface area contributed by atoms with E-state index >= 15 is 0 Å². The second-order valence-electron chi connectivity index (χ2n) is 7.79. The molecule has 1 aliphatic rings. The standard InChI is InChI=1S/C24H24N6O/c31-24(26-14-19-8-1-2-9-20(19)15-30-17-25-16-27-30)21-13-18-7-3-4-10-22(18)28-23(21)29-11-5-6-12-29/h1-4,7-10,13,16-17H,5-6,11-12,14-15H2,(H,26,31). The topological polar surface area (TPSA) is 75.9 Å². The van der Waals surface area contributed by atoms with E-state index in [-0.39, 0.29) is 5.91 Å². The number of nitrogens with one attached hydrogen (secondary N) is 1. The molecular weight excluding hydrogens is 388 g/mol. The lowest BCUT2D eigenvalue weighted by Crippen LogP contribution is -2.28. The van der Waals surface area contributed by atoms with Gasteiger partial charge in [0, 0.05) is 25.0 Å². The molecule has 7 heteroatoms. The quantitative estimate of drug-likeness (QED) is 0.525. The molecule has 0 radical (unpaired) electrons. The Labute approximate surface area is 180 Å². The fourth-order valence-corrected chi connectivity index (χ4v) is 4.09. The summed E-state index contributed by atoms with van der Waals surface area (Å²) in [5.74, 6) is 0.681. The van der Waals surface area contributed by atoms with Crippen molar-refractivity contribution in [3.05, 3.63) is 83.9 Å². The zero-order valence-electron chi connectivity index (χ0n) is 17.2. The molecule has 1 aliphatic heterocycles. The van der Waals surface area contributed by atoms with Crippen molar-refractivity contribution in [1.29, 1.82) is 0 Å². The summed E-state index contributed by atoms with van der Waals surface area (Å²) in [6, 6.07) is 18.0. The van der Waals surface area contributed by atoms with Gasteiger partial charge in [-0.25, -0.2) is 14.6 Å². The van der Waals surface area contributed by atoms with Gasteiger partial charge in [0.25, 0.3) is 5.91 Å². The van der Waals surface area contributed by atoms with Crippen LogP contribution in [0.3, 0.4) is 0 Å². The van der Waals surface area contributed by atoms with Crippen molar-refractivity contribution < 1.29 is 4.79 Å². The Morgan fingerprint density at radius 1 is 1.00 bits per heavy atom. The van der Waals surface area contributed by atoms with Gasteiger partial charge < -0.3 is 10.2 Å². The molecule has 2 aromatic heterocycles. The smallest absolute Gasteiger partial charge is 0.255 e. The van der Waals surface area contributed by atoms with Crippen molar-refractivity contribution in [2.75, 3.05) is 18.0 Å². The Balaban J connectivity index is 1.40. The van der Waals surface area contributed by atoms with Gasteiger partial charge in [-0.15, -0.1) is 0 Å². The van der Waals surface area contributed by atoms with E-state index < -0.39 is 0 Å². The molecule has 4 aromatic rings. The van der Waals surface area contributed by atoms with Gasteiger partial charge in [-0.2, -0.15) is 5.10 Å². The maximum Gasteiger partial charge on any atom is 0.255 e. The molecule has 1 saturated heterocycles. The molecule has 1 fully saturated rings. The summed E-state index contributed by atoms with van der Waals surface area (Å²) < 4.78 is 1.78. The van der Waals surface area contributed by atoms with E-state index in [2.05, 4.69) is 26.4 Å². The summed E-state index contributed by atoms with van der Waals surface area (Å²) in [4.78, 5) is 24.3. The minimum Gasteiger partial charge on any atom is -0.356 e. The number of amides is 1. The second-order valence-corrected chi connectivity index (χ2v) is 7.79. The molecule has 0 spiro atoms. The van der Waals surface area contributed by atoms with E-state index in [4.69, 9.17) is 4.98 Å². The number of rotatable bonds is 6. The minimum atomic E-state index is -0.101. The normalized spacial score (nSPS) is 13.6. The average molecular weight is 412 g/mol. The van der Waals surface area contributed by atoms with Crippen LogP contribution >= 0.6 is 0 Å². The number of carbonyl (C=O) groups excluding carboxylic acids is 1. The van der Waals surface area contributed by atoms with E-state index in [1.54, 1.807) is 11.0 Å². The molecule has 0 saturated carbocycles. The summed E-state index contributed by atoms with van der Waals surface area (Å²) in [6.07, 6.45) is 5.48. The van der Waals surface area contributed by atoms with Gasteiger partial charge in [-0.05, 0) is 36.1 Å². The van der Waals surface area contributed by atoms with Crippen LogP contribution in [0.25, 0.3) is 10.9 Å². The monoisotopic (exact) mass is 412 g/mol. The highest BCUT2D eigenvalue weighted by molar-refractivity contribution is 6.02. The van der Waals surface area contributed by atoms with Crippen molar-refractivity contribution in [2.24, 2.45) is 0 Å². The highest BCUT2D eigenvalue weighted by Crippen LogP contribution is 2.26. The first-order valence-corrected chi connectivity index (χ1v) is 10.6. The number of para-hydroxylation sites is 1. The van der Waals surface area contributed by atoms with Crippen molar-refractivity contribution in [3.8, 4) is 0 Å². The van der Waals surface area contributed by atoms with Crippen LogP contribution in [0.15, 0.2) is 67.3 Å². The van der Waals surface area contributed by atoms with Gasteiger partial charge in [-0.3, -0.25) is 4.79 Å². The number of fused-ring (bicyclic) bond motifs is 1. The van der Waals surface area contributed by atoms with Gasteiger partial charge in [0.1, 0.15) is 18.5 Å². The fraction of sp³-hybridized carbons (Fsp3) is 0.250. The van der Waals surface area contributed by atoms with Gasteiger partial charge in [0.2, 0.25) is 0 Å². The first-order valence-electron chi connectivity index (χ1n) is 10.6. The number of carbonyl (C=O) groups is 1. The summed E-state index contributed by atoms with van der Waals surface area (Å²) in [6.45, 7) is 2.93. The Morgan fingerprint density at radius 3 is 2.58 bits per heavy atom. The molecule has 1 amide bonds. The molecule has 156 valence electrons. The van der Waals surface area contributed by atoms with Crippen LogP contribution in [-0.2, 0) is 13.1 Å². The third-order valence-electron chi connectivity index (χ3n) is 5.71. The van der Waals surface area contributed by atoms with Crippen molar-refractivity contribution >= 4 is 22.6 Å². The average Bonchev–Trinajstić information content (AvgIpc) is 3.52. The number of nitrogens with zero attached hydrogens (tertiary/aromatic N) is 5. The third-order valence-corrected chi connectivity index (χ3v) is 5.71. The molecule has 5 rings (SSSR count). The highest BCUT2D eigenvalue weighted by atomic mass is 16.1. The summed E-state index contributed by atoms with van der Waals surface area (Å²) in [5.41, 5.74) is 3.71. The molecular formula is C24H24N6O. The zero-order chi connectivity index (χ0) is 21.0. The molecule has 0 unspecified atom stereocenters. The maximum atomic E-state index is 13.3. The SMILES string of the molecule is O=C(NCc1ccccc1Cn1cncn1)c1cc2ccccc2nc1N1CCCC1. The van der Waals surface area contributed by atoms with Crippen LogP contribution in [0.1, 0.15) is 34.3 Å². The van der Waals surface area contributed by atoms with Crippen LogP contribution in [-0.4, -0.2) is 38.7 Å². The number of aromatic nitrogens is 4. The molecule has 0 bridgehead atoms. The van der Waals surface area contributed by atoms with Crippen molar-refractivity contribution in [2.45, 2.75) is 25.9 Å². The Morgan fingerprint density at radius 2 is 1.77 bits per heavy atom. The zero-order valence-corrected chi connectivity index (χ0v) is 17.2. The number of hydrogen-bond donors (Lipinski definition) is 1. The number of hydrogen-bond acceptors (Lipinski definition) is 5. The molecule has 0 aliphatic carbocycles. The molecule has 3 heterocycles. The molecule has 7 nitrogen and oxygen atoms in total. The van der Waals surface area contributed by atoms with Crippen LogP contribution in [0.2, 0.25) is 0 Å². The van der Waals surface area contributed by atoms with Crippen LogP contribution in [0.5, 0.6) is 0 Å². The second kappa shape index (κ2) is 8.55. The molecule has 31 heavy (non-hydrogen) atoms. The van der Waals surface area contributed by atoms with Gasteiger partial charge in [0.15, 0.2) is 0 Å². The number of pyridine rings is 1. The minimum absolute atomic E-state index is 0.101. The summed E-state index contributed by atoms with van der Waals surface area (Å²) in [7, 11) is 0. The highest BCUT2D eigenvalue weighted by Gasteiger charge is 2.22. The van der Waals surface area contributed by atoms with Crippen LogP contribution in [0.4, 0.5) is 5.82 Å². The fourth-order valence-electron chi connectivity index (χ4n) is 4.09. The van der Waals surface area contributed by atoms with Gasteiger partial charge in [0.05, 0.1) is 17.6 Å². The van der Waals surface area contributed by atoms with Crippen LogP contribution < -0.4 is 10.2 Å². The van der Waals surface area contributed by atoms with E-state index in [1.165, 1.54) is 6.33 Å². The van der Waals surface area contributed by atoms with Gasteiger partial charge >= 0.3 is 0 Å². The summed E-state index contributed by atoms with van der Waals surface area (Å²) in [5, 5.41) is 8.27. The first-order chi connectivity index (χ1) is 15.3. The Kier molecular flexibility index (Phi) is 5.31. The number of benzene rings is 2. The lowest BCUT2D eigenvalue weighted by atomic mass is 10.1. The van der Waals surface area contributed by atoms with E-state index in [0.717, 1.165) is 53.8 Å². The maximum absolute atomic E-state index is 13.3. The third kappa shape index (κ3) is 4.12. The van der Waals surface area contributed by atoms with Crippen molar-refractivity contribution in [3.63, 3.8) is 0 Å². The predicted octanol–water partition coefficient (Wildman–Crippen LogP) is 3.40. The Bertz CT molecular complexity index is 1200. The van der Waals surface area contributed by atoms with E-state index in [9.17, 15) is 4.79 Å². The Hall–Kier alpha value is -3.74. The summed E-state index contributed by atoms with van der Waals surface area (Å²) >= 11 is 0. The molecule has 2 aromatic carbocycles. The van der Waals surface area contributed by atoms with E-state index in [1.807, 2.05) is 48.5 Å². The largest absolute Gasteiger partial charge is 0.356 e. The number of anilines is 1. The van der Waals surface area contributed by atoms with E-state index in [0.29, 0.717) is 18.7 Å². The predicted molar refractivity (Wildman–Crippen MR) is 120 cm³/mol. The van der Waals surface area contributed by atoms with Crippen LogP contribution in [0, 0.1) is 0 Å². The van der Waals surface area contributed by atoms with Crippen molar-refractivity contribution in [1.82, 2.24) is 25.1 Å². The first kappa shape index (κ1) is 19.2. The van der Waals surface area contributed by atoms with Gasteiger partial charge in [-0.1, -0.05) is 42.5 Å². The molecule has 1 N–H and O–H groups in total. The molecule has 0 atom stereocenters. The lowest BCUT2D eigenvalue weighted by molar-refractivity contribution is 0.0951.